The van der Waals surface area contributed by atoms with Gasteiger partial charge in [0.15, 0.2) is 0 Å². The van der Waals surface area contributed by atoms with E-state index >= 15 is 0 Å². The summed E-state index contributed by atoms with van der Waals surface area (Å²) in [5, 5.41) is 9.86. The highest BCUT2D eigenvalue weighted by Gasteiger charge is 2.10. The van der Waals surface area contributed by atoms with Crippen LogP contribution in [0.25, 0.3) is 0 Å². The van der Waals surface area contributed by atoms with Gasteiger partial charge in [-0.3, -0.25) is 0 Å². The molecule has 1 aromatic rings. The van der Waals surface area contributed by atoms with Gasteiger partial charge in [0, 0.05) is 6.04 Å². The SMILES string of the molecule is Cc1cc(C)cc(C(O)CC(C)N)c1. The maximum Gasteiger partial charge on any atom is 0.0804 e. The highest BCUT2D eigenvalue weighted by atomic mass is 16.3. The molecule has 2 heteroatoms. The second-order valence-electron chi connectivity index (χ2n) is 4.15. The Balaban J connectivity index is 2.84. The van der Waals surface area contributed by atoms with Crippen molar-refractivity contribution in [3.63, 3.8) is 0 Å². The van der Waals surface area contributed by atoms with Crippen LogP contribution in [-0.2, 0) is 0 Å². The maximum absolute atomic E-state index is 9.86. The van der Waals surface area contributed by atoms with Gasteiger partial charge in [-0.2, -0.15) is 0 Å². The van der Waals surface area contributed by atoms with Crippen LogP contribution in [0.5, 0.6) is 0 Å². The average molecular weight is 193 g/mol. The maximum atomic E-state index is 9.86. The summed E-state index contributed by atoms with van der Waals surface area (Å²) in [5.41, 5.74) is 8.99. The lowest BCUT2D eigenvalue weighted by Gasteiger charge is -2.14. The minimum absolute atomic E-state index is 0.0332. The molecule has 0 heterocycles. The molecule has 0 spiro atoms. The van der Waals surface area contributed by atoms with E-state index < -0.39 is 6.10 Å². The summed E-state index contributed by atoms with van der Waals surface area (Å²) in [7, 11) is 0. The van der Waals surface area contributed by atoms with Crippen LogP contribution in [0.4, 0.5) is 0 Å². The molecule has 1 aromatic carbocycles. The fourth-order valence-corrected chi connectivity index (χ4v) is 1.69. The van der Waals surface area contributed by atoms with Crippen molar-refractivity contribution < 1.29 is 5.11 Å². The lowest BCUT2D eigenvalue weighted by atomic mass is 9.99. The van der Waals surface area contributed by atoms with E-state index in [2.05, 4.69) is 6.07 Å². The normalized spacial score (nSPS) is 15.2. The monoisotopic (exact) mass is 193 g/mol. The van der Waals surface area contributed by atoms with Gasteiger partial charge in [0.1, 0.15) is 0 Å². The molecule has 0 bridgehead atoms. The van der Waals surface area contributed by atoms with Crippen LogP contribution >= 0.6 is 0 Å². The van der Waals surface area contributed by atoms with Gasteiger partial charge in [-0.05, 0) is 32.8 Å². The van der Waals surface area contributed by atoms with Crippen molar-refractivity contribution >= 4 is 0 Å². The highest BCUT2D eigenvalue weighted by molar-refractivity contribution is 5.29. The molecule has 0 aromatic heterocycles. The lowest BCUT2D eigenvalue weighted by Crippen LogP contribution is -2.18. The zero-order valence-electron chi connectivity index (χ0n) is 9.12. The Kier molecular flexibility index (Phi) is 3.67. The zero-order chi connectivity index (χ0) is 10.7. The van der Waals surface area contributed by atoms with E-state index in [1.807, 2.05) is 32.9 Å². The van der Waals surface area contributed by atoms with Crippen molar-refractivity contribution in [3.8, 4) is 0 Å². The molecule has 2 unspecified atom stereocenters. The van der Waals surface area contributed by atoms with Gasteiger partial charge in [-0.15, -0.1) is 0 Å². The Hall–Kier alpha value is -0.860. The van der Waals surface area contributed by atoms with Crippen LogP contribution in [-0.4, -0.2) is 11.1 Å². The van der Waals surface area contributed by atoms with Gasteiger partial charge in [0.2, 0.25) is 0 Å². The third-order valence-electron chi connectivity index (χ3n) is 2.22. The van der Waals surface area contributed by atoms with Gasteiger partial charge in [0.25, 0.3) is 0 Å². The first-order valence-electron chi connectivity index (χ1n) is 5.01. The highest BCUT2D eigenvalue weighted by Crippen LogP contribution is 2.20. The molecule has 0 aliphatic carbocycles. The van der Waals surface area contributed by atoms with Crippen molar-refractivity contribution in [2.75, 3.05) is 0 Å². The Morgan fingerprint density at radius 3 is 2.14 bits per heavy atom. The molecule has 14 heavy (non-hydrogen) atoms. The largest absolute Gasteiger partial charge is 0.388 e. The topological polar surface area (TPSA) is 46.2 Å². The van der Waals surface area contributed by atoms with E-state index in [0.717, 1.165) is 5.56 Å². The summed E-state index contributed by atoms with van der Waals surface area (Å²) in [6.45, 7) is 5.98. The summed E-state index contributed by atoms with van der Waals surface area (Å²) in [6.07, 6.45) is 0.177. The van der Waals surface area contributed by atoms with Crippen LogP contribution in [0.1, 0.15) is 36.1 Å². The first-order chi connectivity index (χ1) is 6.49. The first kappa shape index (κ1) is 11.2. The quantitative estimate of drug-likeness (QED) is 0.772. The average Bonchev–Trinajstić information content (AvgIpc) is 2.00. The molecule has 0 fully saturated rings. The minimum Gasteiger partial charge on any atom is -0.388 e. The molecule has 0 radical (unpaired) electrons. The Bertz CT molecular complexity index is 287. The zero-order valence-corrected chi connectivity index (χ0v) is 9.12. The van der Waals surface area contributed by atoms with Gasteiger partial charge >= 0.3 is 0 Å². The van der Waals surface area contributed by atoms with E-state index in [1.54, 1.807) is 0 Å². The number of hydrogen-bond acceptors (Lipinski definition) is 2. The summed E-state index contributed by atoms with van der Waals surface area (Å²) in [6, 6.07) is 6.16. The molecule has 0 amide bonds. The summed E-state index contributed by atoms with van der Waals surface area (Å²) in [4.78, 5) is 0. The number of rotatable bonds is 3. The standard InChI is InChI=1S/C12H19NO/c1-8-4-9(2)6-11(5-8)12(14)7-10(3)13/h4-6,10,12,14H,7,13H2,1-3H3. The Morgan fingerprint density at radius 1 is 1.21 bits per heavy atom. The second kappa shape index (κ2) is 4.58. The van der Waals surface area contributed by atoms with E-state index in [0.29, 0.717) is 6.42 Å². The second-order valence-corrected chi connectivity index (χ2v) is 4.15. The number of aliphatic hydroxyl groups excluding tert-OH is 1. The van der Waals surface area contributed by atoms with Crippen LogP contribution in [0.15, 0.2) is 18.2 Å². The van der Waals surface area contributed by atoms with Gasteiger partial charge in [0.05, 0.1) is 6.10 Å². The Labute approximate surface area is 85.8 Å². The first-order valence-corrected chi connectivity index (χ1v) is 5.01. The van der Waals surface area contributed by atoms with E-state index in [4.69, 9.17) is 5.73 Å². The van der Waals surface area contributed by atoms with E-state index in [1.165, 1.54) is 11.1 Å². The number of aryl methyl sites for hydroxylation is 2. The summed E-state index contributed by atoms with van der Waals surface area (Å²) in [5.74, 6) is 0. The number of hydrogen-bond donors (Lipinski definition) is 2. The van der Waals surface area contributed by atoms with Crippen LogP contribution in [0, 0.1) is 13.8 Å². The number of benzene rings is 1. The van der Waals surface area contributed by atoms with Gasteiger partial charge in [-0.25, -0.2) is 0 Å². The molecule has 2 atom stereocenters. The number of aliphatic hydroxyl groups is 1. The molecule has 2 nitrogen and oxygen atoms in total. The fraction of sp³-hybridized carbons (Fsp3) is 0.500. The van der Waals surface area contributed by atoms with Crippen molar-refractivity contribution in [1.29, 1.82) is 0 Å². The summed E-state index contributed by atoms with van der Waals surface area (Å²) >= 11 is 0. The predicted octanol–water partition coefficient (Wildman–Crippen LogP) is 2.07. The molecule has 0 aliphatic heterocycles. The smallest absolute Gasteiger partial charge is 0.0804 e. The lowest BCUT2D eigenvalue weighted by molar-refractivity contribution is 0.160. The van der Waals surface area contributed by atoms with Crippen molar-refractivity contribution in [2.45, 2.75) is 39.3 Å². The molecule has 0 aliphatic rings. The van der Waals surface area contributed by atoms with Crippen LogP contribution < -0.4 is 5.73 Å². The molecule has 78 valence electrons. The molecular weight excluding hydrogens is 174 g/mol. The van der Waals surface area contributed by atoms with Crippen molar-refractivity contribution in [3.05, 3.63) is 34.9 Å². The Morgan fingerprint density at radius 2 is 1.71 bits per heavy atom. The van der Waals surface area contributed by atoms with E-state index in [-0.39, 0.29) is 6.04 Å². The summed E-state index contributed by atoms with van der Waals surface area (Å²) < 4.78 is 0. The third-order valence-corrected chi connectivity index (χ3v) is 2.22. The predicted molar refractivity (Wildman–Crippen MR) is 59.1 cm³/mol. The molecular formula is C12H19NO. The van der Waals surface area contributed by atoms with Crippen molar-refractivity contribution in [2.24, 2.45) is 5.73 Å². The fourth-order valence-electron chi connectivity index (χ4n) is 1.69. The molecule has 0 saturated carbocycles. The molecule has 3 N–H and O–H groups in total. The van der Waals surface area contributed by atoms with Crippen molar-refractivity contribution in [1.82, 2.24) is 0 Å². The number of nitrogens with two attached hydrogens (primary N) is 1. The molecule has 1 rings (SSSR count). The van der Waals surface area contributed by atoms with E-state index in [9.17, 15) is 5.11 Å². The van der Waals surface area contributed by atoms with Crippen LogP contribution in [0.3, 0.4) is 0 Å². The minimum atomic E-state index is -0.436. The molecule has 0 saturated heterocycles. The van der Waals surface area contributed by atoms with Crippen LogP contribution in [0.2, 0.25) is 0 Å². The van der Waals surface area contributed by atoms with Gasteiger partial charge < -0.3 is 10.8 Å². The van der Waals surface area contributed by atoms with Gasteiger partial charge in [-0.1, -0.05) is 29.3 Å². The third kappa shape index (κ3) is 3.13.